The summed E-state index contributed by atoms with van der Waals surface area (Å²) in [7, 11) is 1.35. The molecule has 0 aliphatic carbocycles. The average molecular weight is 587 g/mol. The Labute approximate surface area is 234 Å². The zero-order valence-corrected chi connectivity index (χ0v) is 22.7. The number of aliphatic hydroxyl groups excluding tert-OH is 1. The van der Waals surface area contributed by atoms with E-state index in [1.165, 1.54) is 13.1 Å². The van der Waals surface area contributed by atoms with Crippen LogP contribution < -0.4 is 16.0 Å². The summed E-state index contributed by atoms with van der Waals surface area (Å²) in [6.45, 7) is 0.659. The predicted octanol–water partition coefficient (Wildman–Crippen LogP) is 5.16. The Morgan fingerprint density at radius 2 is 1.83 bits per heavy atom. The van der Waals surface area contributed by atoms with Crippen LogP contribution in [0.15, 0.2) is 55.0 Å². The SMILES string of the molecule is CNC(=O)c1nc(-c2cnn(CCCCO)c2)ccc1Nc1nc(Nc2ccc(CP=O)cc2)ncc1C(F)(F)F. The van der Waals surface area contributed by atoms with Crippen LogP contribution in [0.25, 0.3) is 11.3 Å². The number of nitrogens with one attached hydrogen (secondary N) is 3. The van der Waals surface area contributed by atoms with Gasteiger partial charge in [-0.3, -0.25) is 14.0 Å². The highest BCUT2D eigenvalue weighted by atomic mass is 31.1. The van der Waals surface area contributed by atoms with E-state index in [0.717, 1.165) is 12.0 Å². The molecule has 0 unspecified atom stereocenters. The molecule has 4 rings (SSSR count). The molecule has 0 fully saturated rings. The van der Waals surface area contributed by atoms with Gasteiger partial charge >= 0.3 is 6.18 Å². The number of unbranched alkanes of at least 4 members (excludes halogenated alkanes) is 1. The molecule has 214 valence electrons. The van der Waals surface area contributed by atoms with Crippen molar-refractivity contribution in [2.45, 2.75) is 31.7 Å². The van der Waals surface area contributed by atoms with Crippen molar-refractivity contribution in [3.8, 4) is 11.3 Å². The molecule has 41 heavy (non-hydrogen) atoms. The van der Waals surface area contributed by atoms with E-state index in [9.17, 15) is 22.5 Å². The molecule has 0 saturated carbocycles. The van der Waals surface area contributed by atoms with Gasteiger partial charge in [0.05, 0.1) is 23.7 Å². The number of hydrogen-bond acceptors (Lipinski definition) is 9. The van der Waals surface area contributed by atoms with Gasteiger partial charge in [-0.2, -0.15) is 23.3 Å². The van der Waals surface area contributed by atoms with Crippen LogP contribution >= 0.6 is 8.46 Å². The first kappa shape index (κ1) is 29.6. The van der Waals surface area contributed by atoms with Crippen molar-refractivity contribution in [3.63, 3.8) is 0 Å². The van der Waals surface area contributed by atoms with Crippen LogP contribution in [0.1, 0.15) is 34.5 Å². The van der Waals surface area contributed by atoms with E-state index in [1.54, 1.807) is 47.4 Å². The molecule has 4 N–H and O–H groups in total. The Bertz CT molecular complexity index is 1510. The molecule has 0 saturated heterocycles. The normalized spacial score (nSPS) is 11.4. The fourth-order valence-electron chi connectivity index (χ4n) is 3.79. The first-order valence-electron chi connectivity index (χ1n) is 12.4. The number of pyridine rings is 1. The monoisotopic (exact) mass is 586 g/mol. The van der Waals surface area contributed by atoms with Crippen LogP contribution in [0.2, 0.25) is 0 Å². The van der Waals surface area contributed by atoms with Gasteiger partial charge in [-0.1, -0.05) is 12.1 Å². The summed E-state index contributed by atoms with van der Waals surface area (Å²) in [4.78, 5) is 24.9. The lowest BCUT2D eigenvalue weighted by Gasteiger charge is -2.16. The number of aromatic nitrogens is 5. The lowest BCUT2D eigenvalue weighted by Crippen LogP contribution is -2.21. The number of aryl methyl sites for hydroxylation is 1. The number of benzene rings is 1. The van der Waals surface area contributed by atoms with E-state index in [4.69, 9.17) is 5.11 Å². The van der Waals surface area contributed by atoms with E-state index < -0.39 is 23.5 Å². The molecule has 15 heteroatoms. The summed E-state index contributed by atoms with van der Waals surface area (Å²) >= 11 is 0. The quantitative estimate of drug-likeness (QED) is 0.130. The lowest BCUT2D eigenvalue weighted by atomic mass is 10.1. The summed E-state index contributed by atoms with van der Waals surface area (Å²) in [5.41, 5.74) is 1.04. The molecule has 4 aromatic rings. The minimum Gasteiger partial charge on any atom is -0.396 e. The summed E-state index contributed by atoms with van der Waals surface area (Å²) in [6.07, 6.45) is 0.847. The van der Waals surface area contributed by atoms with E-state index in [-0.39, 0.29) is 32.4 Å². The molecule has 1 aromatic carbocycles. The lowest BCUT2D eigenvalue weighted by molar-refractivity contribution is -0.137. The number of carbonyl (C=O) groups is 1. The summed E-state index contributed by atoms with van der Waals surface area (Å²) < 4.78 is 54.1. The smallest absolute Gasteiger partial charge is 0.396 e. The van der Waals surface area contributed by atoms with Gasteiger partial charge in [-0.15, -0.1) is 0 Å². The number of anilines is 4. The number of amides is 1. The number of alkyl halides is 3. The topological polar surface area (TPSA) is 147 Å². The molecule has 0 radical (unpaired) electrons. The van der Waals surface area contributed by atoms with Gasteiger partial charge in [0.15, 0.2) is 14.2 Å². The maximum atomic E-state index is 13.9. The number of hydrogen-bond donors (Lipinski definition) is 4. The fourth-order valence-corrected chi connectivity index (χ4v) is 4.15. The van der Waals surface area contributed by atoms with Gasteiger partial charge < -0.3 is 21.1 Å². The Morgan fingerprint density at radius 3 is 2.51 bits per heavy atom. The van der Waals surface area contributed by atoms with Crippen molar-refractivity contribution in [3.05, 3.63) is 71.8 Å². The number of aliphatic hydroxyl groups is 1. The van der Waals surface area contributed by atoms with Gasteiger partial charge in [0.1, 0.15) is 11.4 Å². The minimum atomic E-state index is -4.79. The summed E-state index contributed by atoms with van der Waals surface area (Å²) in [6, 6.07) is 9.77. The van der Waals surface area contributed by atoms with Crippen molar-refractivity contribution in [1.82, 2.24) is 30.0 Å². The second-order valence-electron chi connectivity index (χ2n) is 8.78. The van der Waals surface area contributed by atoms with E-state index in [2.05, 4.69) is 36.0 Å². The molecule has 3 heterocycles. The molecule has 11 nitrogen and oxygen atoms in total. The van der Waals surface area contributed by atoms with Crippen molar-refractivity contribution >= 4 is 37.5 Å². The van der Waals surface area contributed by atoms with Crippen molar-refractivity contribution in [1.29, 1.82) is 0 Å². The molecule has 0 aliphatic rings. The average Bonchev–Trinajstić information content (AvgIpc) is 3.43. The Morgan fingerprint density at radius 1 is 1.05 bits per heavy atom. The first-order chi connectivity index (χ1) is 19.7. The minimum absolute atomic E-state index is 0.000259. The maximum absolute atomic E-state index is 13.9. The van der Waals surface area contributed by atoms with Crippen LogP contribution in [0.3, 0.4) is 0 Å². The van der Waals surface area contributed by atoms with E-state index in [1.807, 2.05) is 0 Å². The van der Waals surface area contributed by atoms with Crippen molar-refractivity contribution in [2.75, 3.05) is 24.3 Å². The highest BCUT2D eigenvalue weighted by molar-refractivity contribution is 7.22. The summed E-state index contributed by atoms with van der Waals surface area (Å²) in [5.74, 6) is -1.31. The third-order valence-electron chi connectivity index (χ3n) is 5.87. The van der Waals surface area contributed by atoms with E-state index in [0.29, 0.717) is 42.3 Å². The largest absolute Gasteiger partial charge is 0.421 e. The van der Waals surface area contributed by atoms with Gasteiger partial charge in [0.2, 0.25) is 5.95 Å². The highest BCUT2D eigenvalue weighted by Gasteiger charge is 2.36. The van der Waals surface area contributed by atoms with Crippen LogP contribution in [-0.2, 0) is 23.4 Å². The standard InChI is InChI=1S/C26H26F3N8O3P/c1-30-24(39)22-21(9-8-20(34-22)17-12-32-37(14-17)10-2-3-11-38)35-23-19(26(27,28)29)13-31-25(36-23)33-18-6-4-16(5-7-18)15-41-40/h4-9,12-14,38H,2-3,10-11,15H2,1H3,(H,30,39)(H2,31,33,35,36). The Kier molecular flexibility index (Phi) is 9.58. The zero-order chi connectivity index (χ0) is 29.4. The van der Waals surface area contributed by atoms with E-state index >= 15 is 0 Å². The first-order valence-corrected chi connectivity index (χ1v) is 13.4. The number of nitrogens with zero attached hydrogens (tertiary/aromatic N) is 5. The molecule has 1 amide bonds. The third kappa shape index (κ3) is 7.62. The van der Waals surface area contributed by atoms with Crippen LogP contribution in [0.5, 0.6) is 0 Å². The number of rotatable bonds is 12. The Balaban J connectivity index is 1.65. The van der Waals surface area contributed by atoms with Gasteiger partial charge in [-0.05, 0) is 42.7 Å². The third-order valence-corrected chi connectivity index (χ3v) is 6.36. The molecule has 0 aliphatic heterocycles. The van der Waals surface area contributed by atoms with Gasteiger partial charge in [-0.25, -0.2) is 9.97 Å². The molecule has 3 aromatic heterocycles. The van der Waals surface area contributed by atoms with Crippen LogP contribution in [0, 0.1) is 0 Å². The second kappa shape index (κ2) is 13.3. The number of halogens is 3. The zero-order valence-electron chi connectivity index (χ0n) is 21.8. The molecular formula is C26H26F3N8O3P. The predicted molar refractivity (Wildman–Crippen MR) is 147 cm³/mol. The molecule has 0 bridgehead atoms. The van der Waals surface area contributed by atoms with Gasteiger partial charge in [0.25, 0.3) is 5.91 Å². The van der Waals surface area contributed by atoms with Crippen molar-refractivity contribution in [2.24, 2.45) is 0 Å². The van der Waals surface area contributed by atoms with Gasteiger partial charge in [0, 0.05) is 43.8 Å². The highest BCUT2D eigenvalue weighted by Crippen LogP contribution is 2.36. The second-order valence-corrected chi connectivity index (χ2v) is 9.36. The number of carbonyl (C=O) groups excluding carboxylic acids is 1. The molecular weight excluding hydrogens is 560 g/mol. The molecule has 0 atom stereocenters. The fraction of sp³-hybridized carbons (Fsp3) is 0.269. The summed E-state index contributed by atoms with van der Waals surface area (Å²) in [5, 5.41) is 21.2. The van der Waals surface area contributed by atoms with Crippen molar-refractivity contribution < 1.29 is 27.6 Å². The Hall–Kier alpha value is -4.42. The maximum Gasteiger partial charge on any atom is 0.421 e. The van der Waals surface area contributed by atoms with Crippen LogP contribution in [-0.4, -0.2) is 49.4 Å². The van der Waals surface area contributed by atoms with Crippen LogP contribution in [0.4, 0.5) is 36.3 Å². The molecule has 0 spiro atoms.